The summed E-state index contributed by atoms with van der Waals surface area (Å²) in [6.07, 6.45) is 4.87. The Labute approximate surface area is 214 Å². The number of nitrogens with zero attached hydrogens (tertiary/aromatic N) is 3. The summed E-state index contributed by atoms with van der Waals surface area (Å²) in [7, 11) is 0. The molecule has 4 aromatic rings. The summed E-state index contributed by atoms with van der Waals surface area (Å²) >= 11 is 12.7. The lowest BCUT2D eigenvalue weighted by Gasteiger charge is -2.10. The second-order valence-electron chi connectivity index (χ2n) is 8.10. The first-order valence-electron chi connectivity index (χ1n) is 11.2. The summed E-state index contributed by atoms with van der Waals surface area (Å²) in [5.41, 5.74) is 5.69. The normalized spacial score (nSPS) is 12.7. The topological polar surface area (TPSA) is 59.4 Å². The van der Waals surface area contributed by atoms with E-state index in [4.69, 9.17) is 32.9 Å². The van der Waals surface area contributed by atoms with Crippen molar-refractivity contribution < 1.29 is 4.74 Å². The van der Waals surface area contributed by atoms with Crippen LogP contribution in [0.3, 0.4) is 0 Å². The highest BCUT2D eigenvalue weighted by Gasteiger charge is 2.17. The molecule has 0 fully saturated rings. The number of aliphatic imine (C=N–C) groups is 1. The van der Waals surface area contributed by atoms with Gasteiger partial charge in [-0.1, -0.05) is 65.7 Å². The summed E-state index contributed by atoms with van der Waals surface area (Å²) in [5, 5.41) is 4.57. The first-order valence-corrected chi connectivity index (χ1v) is 11.9. The zero-order chi connectivity index (χ0) is 24.0. The number of hydrogen-bond donors (Lipinski definition) is 1. The molecule has 5 rings (SSSR count). The standard InChI is InChI=1S/C28H22Cl2N4O/c29-25-10-5-11-26(30)24(25)16-22-14-20(17-32-22)27-12-13-31-28(34-27)33-21-8-4-9-23(15-21)35-18-19-6-2-1-3-7-19/h1-13,15,17H,14,16,18H2,(H,31,33,34). The zero-order valence-corrected chi connectivity index (χ0v) is 20.3. The van der Waals surface area contributed by atoms with Crippen molar-refractivity contribution in [2.45, 2.75) is 19.4 Å². The van der Waals surface area contributed by atoms with Gasteiger partial charge in [-0.15, -0.1) is 0 Å². The van der Waals surface area contributed by atoms with Crippen LogP contribution in [0.2, 0.25) is 10.0 Å². The van der Waals surface area contributed by atoms with Gasteiger partial charge in [-0.25, -0.2) is 9.97 Å². The molecule has 1 aromatic heterocycles. The molecule has 0 bridgehead atoms. The lowest BCUT2D eigenvalue weighted by molar-refractivity contribution is 0.306. The third-order valence-corrected chi connectivity index (χ3v) is 6.27. The van der Waals surface area contributed by atoms with Gasteiger partial charge >= 0.3 is 0 Å². The third-order valence-electron chi connectivity index (χ3n) is 5.56. The molecule has 0 amide bonds. The SMILES string of the molecule is Clc1cccc(Cl)c1CC1=NC=C(c2ccnc(Nc3cccc(OCc4ccccc4)c3)n2)C1. The number of aromatic nitrogens is 2. The van der Waals surface area contributed by atoms with Gasteiger partial charge in [0.05, 0.1) is 5.69 Å². The fourth-order valence-corrected chi connectivity index (χ4v) is 4.31. The van der Waals surface area contributed by atoms with Crippen molar-refractivity contribution in [1.29, 1.82) is 0 Å². The van der Waals surface area contributed by atoms with Gasteiger partial charge in [0.1, 0.15) is 12.4 Å². The van der Waals surface area contributed by atoms with Crippen LogP contribution in [0.1, 0.15) is 23.2 Å². The van der Waals surface area contributed by atoms with Crippen LogP contribution < -0.4 is 10.1 Å². The number of hydrogen-bond acceptors (Lipinski definition) is 5. The number of nitrogens with one attached hydrogen (secondary N) is 1. The molecule has 0 saturated heterocycles. The van der Waals surface area contributed by atoms with Crippen molar-refractivity contribution in [1.82, 2.24) is 9.97 Å². The molecule has 0 radical (unpaired) electrons. The average Bonchev–Trinajstić information content (AvgIpc) is 3.35. The van der Waals surface area contributed by atoms with E-state index in [2.05, 4.69) is 15.3 Å². The Morgan fingerprint density at radius 3 is 2.51 bits per heavy atom. The molecule has 0 aliphatic carbocycles. The van der Waals surface area contributed by atoms with Crippen molar-refractivity contribution in [3.05, 3.63) is 118 Å². The summed E-state index contributed by atoms with van der Waals surface area (Å²) in [6.45, 7) is 0.506. The Morgan fingerprint density at radius 1 is 0.886 bits per heavy atom. The van der Waals surface area contributed by atoms with Crippen molar-refractivity contribution >= 4 is 46.1 Å². The van der Waals surface area contributed by atoms with E-state index in [1.54, 1.807) is 6.20 Å². The molecule has 0 saturated carbocycles. The highest BCUT2D eigenvalue weighted by atomic mass is 35.5. The lowest BCUT2D eigenvalue weighted by atomic mass is 10.0. The highest BCUT2D eigenvalue weighted by Crippen LogP contribution is 2.29. The van der Waals surface area contributed by atoms with E-state index in [1.807, 2.05) is 85.1 Å². The quantitative estimate of drug-likeness (QED) is 0.271. The molecule has 0 atom stereocenters. The molecule has 5 nitrogen and oxygen atoms in total. The van der Waals surface area contributed by atoms with E-state index >= 15 is 0 Å². The Kier molecular flexibility index (Phi) is 7.07. The molecule has 0 spiro atoms. The molecular weight excluding hydrogens is 479 g/mol. The molecule has 0 unspecified atom stereocenters. The largest absolute Gasteiger partial charge is 0.489 e. The van der Waals surface area contributed by atoms with Gasteiger partial charge in [-0.05, 0) is 41.5 Å². The smallest absolute Gasteiger partial charge is 0.227 e. The fraction of sp³-hybridized carbons (Fsp3) is 0.107. The first kappa shape index (κ1) is 23.1. The van der Waals surface area contributed by atoms with E-state index in [0.29, 0.717) is 35.4 Å². The van der Waals surface area contributed by atoms with Gasteiger partial charge in [0.25, 0.3) is 0 Å². The zero-order valence-electron chi connectivity index (χ0n) is 18.8. The summed E-state index contributed by atoms with van der Waals surface area (Å²) < 4.78 is 5.93. The van der Waals surface area contributed by atoms with E-state index in [9.17, 15) is 0 Å². The van der Waals surface area contributed by atoms with Gasteiger partial charge in [0.2, 0.25) is 5.95 Å². The van der Waals surface area contributed by atoms with Crippen molar-refractivity contribution in [3.63, 3.8) is 0 Å². The molecule has 35 heavy (non-hydrogen) atoms. The van der Waals surface area contributed by atoms with E-state index in [1.165, 1.54) is 0 Å². The second-order valence-corrected chi connectivity index (χ2v) is 8.91. The molecule has 1 aliphatic heterocycles. The maximum atomic E-state index is 6.33. The molecular formula is C28H22Cl2N4O. The van der Waals surface area contributed by atoms with Crippen molar-refractivity contribution in [3.8, 4) is 5.75 Å². The van der Waals surface area contributed by atoms with Gasteiger partial charge < -0.3 is 10.1 Å². The van der Waals surface area contributed by atoms with Crippen LogP contribution in [-0.4, -0.2) is 15.7 Å². The van der Waals surface area contributed by atoms with Crippen LogP contribution in [-0.2, 0) is 13.0 Å². The van der Waals surface area contributed by atoms with E-state index in [0.717, 1.165) is 39.5 Å². The molecule has 7 heteroatoms. The monoisotopic (exact) mass is 500 g/mol. The van der Waals surface area contributed by atoms with Crippen LogP contribution in [0.5, 0.6) is 5.75 Å². The fourth-order valence-electron chi connectivity index (χ4n) is 3.78. The Morgan fingerprint density at radius 2 is 1.69 bits per heavy atom. The van der Waals surface area contributed by atoms with Gasteiger partial charge in [-0.3, -0.25) is 4.99 Å². The van der Waals surface area contributed by atoms with Gasteiger partial charge in [-0.2, -0.15) is 0 Å². The number of anilines is 2. The highest BCUT2D eigenvalue weighted by molar-refractivity contribution is 6.36. The predicted molar refractivity (Wildman–Crippen MR) is 143 cm³/mol. The molecule has 1 aliphatic rings. The number of ether oxygens (including phenoxy) is 1. The van der Waals surface area contributed by atoms with Crippen molar-refractivity contribution in [2.75, 3.05) is 5.32 Å². The van der Waals surface area contributed by atoms with E-state index in [-0.39, 0.29) is 0 Å². The Balaban J connectivity index is 1.22. The number of halogens is 2. The number of benzene rings is 3. The minimum absolute atomic E-state index is 0.506. The number of rotatable bonds is 8. The maximum Gasteiger partial charge on any atom is 0.227 e. The average molecular weight is 501 g/mol. The summed E-state index contributed by atoms with van der Waals surface area (Å²) in [5.74, 6) is 1.27. The lowest BCUT2D eigenvalue weighted by Crippen LogP contribution is -2.04. The van der Waals surface area contributed by atoms with Gasteiger partial charge in [0, 0.05) is 58.3 Å². The Bertz CT molecular complexity index is 1380. The van der Waals surface area contributed by atoms with Crippen LogP contribution in [0, 0.1) is 0 Å². The third kappa shape index (κ3) is 5.88. The summed E-state index contributed by atoms with van der Waals surface area (Å²) in [6, 6.07) is 25.2. The molecule has 2 heterocycles. The minimum atomic E-state index is 0.506. The maximum absolute atomic E-state index is 6.33. The summed E-state index contributed by atoms with van der Waals surface area (Å²) in [4.78, 5) is 13.7. The van der Waals surface area contributed by atoms with E-state index < -0.39 is 0 Å². The predicted octanol–water partition coefficient (Wildman–Crippen LogP) is 7.53. The van der Waals surface area contributed by atoms with Crippen LogP contribution in [0.25, 0.3) is 5.57 Å². The molecule has 3 aromatic carbocycles. The second kappa shape index (κ2) is 10.7. The van der Waals surface area contributed by atoms with Crippen LogP contribution in [0.15, 0.2) is 96.3 Å². The molecule has 1 N–H and O–H groups in total. The van der Waals surface area contributed by atoms with Crippen LogP contribution >= 0.6 is 23.2 Å². The Hall–Kier alpha value is -3.67. The first-order chi connectivity index (χ1) is 17.1. The minimum Gasteiger partial charge on any atom is -0.489 e. The number of allylic oxidation sites excluding steroid dienone is 1. The van der Waals surface area contributed by atoms with Gasteiger partial charge in [0.15, 0.2) is 0 Å². The van der Waals surface area contributed by atoms with Crippen molar-refractivity contribution in [2.24, 2.45) is 4.99 Å². The van der Waals surface area contributed by atoms with Crippen LogP contribution in [0.4, 0.5) is 11.6 Å². The molecule has 174 valence electrons.